The predicted molar refractivity (Wildman–Crippen MR) is 150 cm³/mol. The summed E-state index contributed by atoms with van der Waals surface area (Å²) in [5.41, 5.74) is 1.16. The molecule has 0 saturated carbocycles. The Kier molecular flexibility index (Phi) is 9.13. The van der Waals surface area contributed by atoms with E-state index in [-0.39, 0.29) is 13.0 Å². The average Bonchev–Trinajstić information content (AvgIpc) is 3.14. The lowest BCUT2D eigenvalue weighted by molar-refractivity contribution is -0.138. The van der Waals surface area contributed by atoms with E-state index in [1.54, 1.807) is 36.4 Å². The van der Waals surface area contributed by atoms with Gasteiger partial charge >= 0.3 is 6.03 Å². The van der Waals surface area contributed by atoms with Gasteiger partial charge < -0.3 is 30.3 Å². The van der Waals surface area contributed by atoms with Gasteiger partial charge in [0.05, 0.1) is 18.7 Å². The molecule has 210 valence electrons. The molecule has 0 spiro atoms. The van der Waals surface area contributed by atoms with Crippen molar-refractivity contribution in [2.45, 2.75) is 39.0 Å². The fourth-order valence-electron chi connectivity index (χ4n) is 4.69. The van der Waals surface area contributed by atoms with Gasteiger partial charge in [-0.15, -0.1) is 0 Å². The molecule has 3 aromatic carbocycles. The number of amides is 4. The van der Waals surface area contributed by atoms with Crippen molar-refractivity contribution in [1.29, 1.82) is 0 Å². The Morgan fingerprint density at radius 2 is 1.50 bits per heavy atom. The van der Waals surface area contributed by atoms with E-state index >= 15 is 0 Å². The lowest BCUT2D eigenvalue weighted by atomic mass is 9.87. The summed E-state index contributed by atoms with van der Waals surface area (Å²) in [4.78, 5) is 42.3. The minimum Gasteiger partial charge on any atom is -0.351 e. The molecule has 3 N–H and O–H groups in total. The molecule has 1 aliphatic heterocycles. The monoisotopic (exact) mass is 548 g/mol. The zero-order valence-electron chi connectivity index (χ0n) is 22.7. The summed E-state index contributed by atoms with van der Waals surface area (Å²) < 4.78 is 24.8. The molecule has 0 aliphatic carbocycles. The normalized spacial score (nSPS) is 16.1. The number of hydrogen-bond acceptors (Lipinski definition) is 5. The second-order valence-corrected chi connectivity index (χ2v) is 9.36. The SMILES string of the molecule is CCOC(CN1C(=O)C(CC(=O)Nc2ccc(C)cc2)(NC(=O)Nc2ccc(F)cc2)c2ccccc21)OCC. The third kappa shape index (κ3) is 6.47. The molecule has 3 aromatic rings. The van der Waals surface area contributed by atoms with Crippen molar-refractivity contribution in [2.75, 3.05) is 35.3 Å². The van der Waals surface area contributed by atoms with Gasteiger partial charge in [-0.2, -0.15) is 0 Å². The quantitative estimate of drug-likeness (QED) is 0.295. The van der Waals surface area contributed by atoms with Crippen LogP contribution in [0.2, 0.25) is 0 Å². The summed E-state index contributed by atoms with van der Waals surface area (Å²) in [6, 6.07) is 18.7. The summed E-state index contributed by atoms with van der Waals surface area (Å²) >= 11 is 0. The van der Waals surface area contributed by atoms with Gasteiger partial charge in [0, 0.05) is 30.2 Å². The van der Waals surface area contributed by atoms with Crippen LogP contribution in [0.25, 0.3) is 0 Å². The van der Waals surface area contributed by atoms with Gasteiger partial charge in [0.2, 0.25) is 5.91 Å². The first-order valence-electron chi connectivity index (χ1n) is 13.1. The topological polar surface area (TPSA) is 109 Å². The first kappa shape index (κ1) is 28.7. The van der Waals surface area contributed by atoms with Crippen molar-refractivity contribution in [3.05, 3.63) is 89.7 Å². The minimum atomic E-state index is -1.74. The number of fused-ring (bicyclic) bond motifs is 1. The number of para-hydroxylation sites is 1. The van der Waals surface area contributed by atoms with E-state index in [9.17, 15) is 18.8 Å². The fraction of sp³-hybridized carbons (Fsp3) is 0.300. The number of carbonyl (C=O) groups excluding carboxylic acids is 3. The molecule has 0 aromatic heterocycles. The number of anilines is 3. The molecule has 40 heavy (non-hydrogen) atoms. The summed E-state index contributed by atoms with van der Waals surface area (Å²) in [6.45, 7) is 6.39. The molecular formula is C30H33FN4O5. The number of nitrogens with one attached hydrogen (secondary N) is 3. The molecule has 1 heterocycles. The van der Waals surface area contributed by atoms with Crippen molar-refractivity contribution >= 4 is 34.9 Å². The number of nitrogens with zero attached hydrogens (tertiary/aromatic N) is 1. The predicted octanol–water partition coefficient (Wildman–Crippen LogP) is 4.93. The molecule has 10 heteroatoms. The van der Waals surface area contributed by atoms with Crippen molar-refractivity contribution in [2.24, 2.45) is 0 Å². The molecule has 1 aliphatic rings. The second kappa shape index (κ2) is 12.7. The molecule has 0 fully saturated rings. The van der Waals surface area contributed by atoms with E-state index in [1.165, 1.54) is 29.2 Å². The zero-order valence-corrected chi connectivity index (χ0v) is 22.7. The van der Waals surface area contributed by atoms with E-state index in [0.29, 0.717) is 35.8 Å². The van der Waals surface area contributed by atoms with Gasteiger partial charge in [0.1, 0.15) is 5.82 Å². The molecule has 0 bridgehead atoms. The van der Waals surface area contributed by atoms with Gasteiger partial charge in [0.25, 0.3) is 5.91 Å². The number of ether oxygens (including phenoxy) is 2. The number of urea groups is 1. The largest absolute Gasteiger partial charge is 0.351 e. The van der Waals surface area contributed by atoms with Crippen LogP contribution in [-0.4, -0.2) is 43.9 Å². The number of rotatable bonds is 11. The van der Waals surface area contributed by atoms with E-state index in [1.807, 2.05) is 32.9 Å². The van der Waals surface area contributed by atoms with Crippen LogP contribution in [0.1, 0.15) is 31.4 Å². The Bertz CT molecular complexity index is 1280. The van der Waals surface area contributed by atoms with Gasteiger partial charge in [0.15, 0.2) is 11.8 Å². The third-order valence-electron chi connectivity index (χ3n) is 6.49. The van der Waals surface area contributed by atoms with Crippen molar-refractivity contribution in [3.63, 3.8) is 0 Å². The molecule has 9 nitrogen and oxygen atoms in total. The minimum absolute atomic E-state index is 0.0557. The summed E-state index contributed by atoms with van der Waals surface area (Å²) in [5, 5.41) is 8.23. The van der Waals surface area contributed by atoms with E-state index in [2.05, 4.69) is 16.0 Å². The number of benzene rings is 3. The summed E-state index contributed by atoms with van der Waals surface area (Å²) in [5.74, 6) is -1.43. The van der Waals surface area contributed by atoms with Crippen molar-refractivity contribution in [1.82, 2.24) is 5.32 Å². The second-order valence-electron chi connectivity index (χ2n) is 9.36. The molecule has 0 radical (unpaired) electrons. The van der Waals surface area contributed by atoms with Crippen LogP contribution in [0, 0.1) is 12.7 Å². The van der Waals surface area contributed by atoms with Crippen LogP contribution < -0.4 is 20.9 Å². The molecule has 1 atom stereocenters. The van der Waals surface area contributed by atoms with Crippen LogP contribution in [0.3, 0.4) is 0 Å². The molecule has 0 saturated heterocycles. The van der Waals surface area contributed by atoms with Crippen LogP contribution >= 0.6 is 0 Å². The van der Waals surface area contributed by atoms with Crippen LogP contribution in [0.5, 0.6) is 0 Å². The Morgan fingerprint density at radius 1 is 0.900 bits per heavy atom. The zero-order chi connectivity index (χ0) is 28.7. The smallest absolute Gasteiger partial charge is 0.320 e. The van der Waals surface area contributed by atoms with Gasteiger partial charge in [-0.3, -0.25) is 9.59 Å². The maximum absolute atomic E-state index is 14.2. The molecule has 4 rings (SSSR count). The molecule has 1 unspecified atom stereocenters. The number of hydrogen-bond donors (Lipinski definition) is 3. The van der Waals surface area contributed by atoms with Crippen LogP contribution in [0.4, 0.5) is 26.2 Å². The van der Waals surface area contributed by atoms with E-state index in [0.717, 1.165) is 5.56 Å². The Hall–Kier alpha value is -4.28. The number of aryl methyl sites for hydroxylation is 1. The average molecular weight is 549 g/mol. The fourth-order valence-corrected chi connectivity index (χ4v) is 4.69. The highest BCUT2D eigenvalue weighted by Crippen LogP contribution is 2.43. The summed E-state index contributed by atoms with van der Waals surface area (Å²) in [6.07, 6.45) is -1.09. The van der Waals surface area contributed by atoms with E-state index in [4.69, 9.17) is 9.47 Å². The van der Waals surface area contributed by atoms with Crippen molar-refractivity contribution < 1.29 is 28.2 Å². The van der Waals surface area contributed by atoms with Crippen LogP contribution in [-0.2, 0) is 24.6 Å². The van der Waals surface area contributed by atoms with Gasteiger partial charge in [-0.1, -0.05) is 35.9 Å². The number of carbonyl (C=O) groups is 3. The highest BCUT2D eigenvalue weighted by Gasteiger charge is 2.53. The third-order valence-corrected chi connectivity index (χ3v) is 6.49. The lowest BCUT2D eigenvalue weighted by Gasteiger charge is -2.30. The standard InChI is InChI=1S/C30H33FN4O5/c1-4-39-27(40-5-2)19-35-25-9-7-6-8-24(25)30(28(35)37,18-26(36)32-22-14-10-20(3)11-15-22)34-29(38)33-23-16-12-21(31)13-17-23/h6-17,27H,4-5,18-19H2,1-3H3,(H,32,36)(H2,33,34,38). The van der Waals surface area contributed by atoms with Gasteiger partial charge in [-0.25, -0.2) is 9.18 Å². The van der Waals surface area contributed by atoms with Gasteiger partial charge in [-0.05, 0) is 63.2 Å². The first-order chi connectivity index (χ1) is 19.3. The Balaban J connectivity index is 1.69. The highest BCUT2D eigenvalue weighted by atomic mass is 19.1. The highest BCUT2D eigenvalue weighted by molar-refractivity contribution is 6.12. The maximum Gasteiger partial charge on any atom is 0.320 e. The number of halogens is 1. The van der Waals surface area contributed by atoms with Crippen LogP contribution in [0.15, 0.2) is 72.8 Å². The Labute approximate surface area is 232 Å². The summed E-state index contributed by atoms with van der Waals surface area (Å²) in [7, 11) is 0. The molecular weight excluding hydrogens is 515 g/mol. The lowest BCUT2D eigenvalue weighted by Crippen LogP contribution is -2.56. The molecule has 4 amide bonds. The maximum atomic E-state index is 14.2. The van der Waals surface area contributed by atoms with E-state index < -0.39 is 35.5 Å². The first-order valence-corrected chi connectivity index (χ1v) is 13.1. The Morgan fingerprint density at radius 3 is 2.15 bits per heavy atom. The van der Waals surface area contributed by atoms with Crippen molar-refractivity contribution in [3.8, 4) is 0 Å².